The Labute approximate surface area is 216 Å². The Bertz CT molecular complexity index is 1410. The molecule has 0 unspecified atom stereocenters. The van der Waals surface area contributed by atoms with Gasteiger partial charge in [-0.25, -0.2) is 4.99 Å². The fourth-order valence-electron chi connectivity index (χ4n) is 4.21. The molecule has 0 saturated carbocycles. The quantitative estimate of drug-likeness (QED) is 0.317. The minimum absolute atomic E-state index is 0.00373. The first-order chi connectivity index (χ1) is 17.8. The molecule has 0 bridgehead atoms. The van der Waals surface area contributed by atoms with Gasteiger partial charge in [0.1, 0.15) is 0 Å². The average Bonchev–Trinajstić information content (AvgIpc) is 3.21. The minimum atomic E-state index is -0.0174. The predicted molar refractivity (Wildman–Crippen MR) is 148 cm³/mol. The molecule has 0 fully saturated rings. The molecule has 2 N–H and O–H groups in total. The van der Waals surface area contributed by atoms with Gasteiger partial charge >= 0.3 is 0 Å². The van der Waals surface area contributed by atoms with E-state index in [0.29, 0.717) is 40.5 Å². The van der Waals surface area contributed by atoms with E-state index < -0.39 is 0 Å². The number of aliphatic imine (C=N–C) groups is 1. The van der Waals surface area contributed by atoms with Gasteiger partial charge in [0.2, 0.25) is 5.91 Å². The maximum Gasteiger partial charge on any atom is 0.223 e. The molecule has 0 aliphatic rings. The van der Waals surface area contributed by atoms with Crippen LogP contribution in [0.3, 0.4) is 0 Å². The van der Waals surface area contributed by atoms with Crippen LogP contribution in [0, 0.1) is 0 Å². The second-order valence-electron chi connectivity index (χ2n) is 8.92. The number of nitrogens with one attached hydrogen (secondary N) is 1. The van der Waals surface area contributed by atoms with Crippen LogP contribution in [-0.2, 0) is 4.79 Å². The van der Waals surface area contributed by atoms with Crippen LogP contribution in [0.1, 0.15) is 18.1 Å². The molecule has 4 rings (SSSR count). The first-order valence-corrected chi connectivity index (χ1v) is 12.0. The number of nitrogens with zero attached hydrogens (tertiary/aromatic N) is 3. The number of carbonyl (C=O) groups is 1. The number of benzene rings is 3. The molecule has 0 spiro atoms. The number of aromatic amines is 1. The van der Waals surface area contributed by atoms with Crippen LogP contribution < -0.4 is 14.4 Å². The molecule has 37 heavy (non-hydrogen) atoms. The number of hydrogen-bond acceptors (Lipinski definition) is 6. The number of carbonyl (C=O) groups excluding carboxylic acids is 1. The molecular weight excluding hydrogens is 468 g/mol. The van der Waals surface area contributed by atoms with E-state index in [2.05, 4.69) is 4.98 Å². The van der Waals surface area contributed by atoms with Crippen molar-refractivity contribution in [2.45, 2.75) is 6.92 Å². The fraction of sp³-hybridized carbons (Fsp3) is 0.241. The van der Waals surface area contributed by atoms with Crippen LogP contribution in [0.5, 0.6) is 17.4 Å². The van der Waals surface area contributed by atoms with Gasteiger partial charge in [-0.3, -0.25) is 4.79 Å². The van der Waals surface area contributed by atoms with Gasteiger partial charge in [0.25, 0.3) is 0 Å². The van der Waals surface area contributed by atoms with Crippen LogP contribution in [-0.4, -0.2) is 68.0 Å². The molecule has 1 amide bonds. The van der Waals surface area contributed by atoms with E-state index >= 15 is 0 Å². The fourth-order valence-corrected chi connectivity index (χ4v) is 4.21. The number of aromatic nitrogens is 1. The van der Waals surface area contributed by atoms with Crippen LogP contribution >= 0.6 is 0 Å². The Hall–Kier alpha value is -4.30. The summed E-state index contributed by atoms with van der Waals surface area (Å²) >= 11 is 0. The highest BCUT2D eigenvalue weighted by atomic mass is 16.5. The number of H-pyrrole nitrogens is 1. The summed E-state index contributed by atoms with van der Waals surface area (Å²) in [6.45, 7) is 2.92. The molecule has 3 aromatic carbocycles. The first-order valence-electron chi connectivity index (χ1n) is 12.0. The van der Waals surface area contributed by atoms with E-state index in [-0.39, 0.29) is 11.8 Å². The number of methoxy groups -OCH3 is 2. The van der Waals surface area contributed by atoms with Crippen molar-refractivity contribution in [3.05, 3.63) is 77.9 Å². The van der Waals surface area contributed by atoms with Crippen LogP contribution in [0.4, 0.5) is 11.4 Å². The van der Waals surface area contributed by atoms with E-state index in [9.17, 15) is 9.90 Å². The molecule has 0 aliphatic carbocycles. The van der Waals surface area contributed by atoms with Gasteiger partial charge in [0.05, 0.1) is 36.7 Å². The summed E-state index contributed by atoms with van der Waals surface area (Å²) in [6, 6.07) is 20.8. The topological polar surface area (TPSA) is 90.4 Å². The molecular formula is C29H32N4O4. The van der Waals surface area contributed by atoms with Crippen LogP contribution in [0.25, 0.3) is 10.9 Å². The highest BCUT2D eigenvalue weighted by Gasteiger charge is 2.21. The lowest BCUT2D eigenvalue weighted by atomic mass is 10.0. The Balaban J connectivity index is 1.81. The van der Waals surface area contributed by atoms with E-state index in [0.717, 1.165) is 23.2 Å². The summed E-state index contributed by atoms with van der Waals surface area (Å²) in [5.41, 5.74) is 4.19. The van der Waals surface area contributed by atoms with Gasteiger partial charge in [-0.1, -0.05) is 30.3 Å². The molecule has 0 atom stereocenters. The number of rotatable bonds is 9. The smallest absolute Gasteiger partial charge is 0.223 e. The van der Waals surface area contributed by atoms with Gasteiger partial charge in [-0.2, -0.15) is 0 Å². The summed E-state index contributed by atoms with van der Waals surface area (Å²) in [7, 11) is 7.11. The zero-order valence-corrected chi connectivity index (χ0v) is 21.8. The summed E-state index contributed by atoms with van der Waals surface area (Å²) in [4.78, 5) is 24.0. The Morgan fingerprint density at radius 3 is 2.19 bits per heavy atom. The number of ether oxygens (including phenoxy) is 2. The van der Waals surface area contributed by atoms with Crippen LogP contribution in [0.2, 0.25) is 0 Å². The average molecular weight is 501 g/mol. The van der Waals surface area contributed by atoms with Crippen molar-refractivity contribution in [3.8, 4) is 17.4 Å². The highest BCUT2D eigenvalue weighted by Crippen LogP contribution is 2.38. The molecule has 0 aliphatic heterocycles. The molecule has 192 valence electrons. The standard InChI is InChI=1S/C29H32N4O4/c1-19(34)33(16-15-32(2)3)22-13-11-21(12-14-22)30-28(20-9-7-6-8-10-20)27-23-17-25(36-4)26(37-5)18-24(23)31-29(27)35/h6-14,17-18,31,35H,15-16H2,1-5H3. The van der Waals surface area contributed by atoms with Crippen molar-refractivity contribution in [2.75, 3.05) is 46.3 Å². The third kappa shape index (κ3) is 5.59. The molecule has 8 heteroatoms. The summed E-state index contributed by atoms with van der Waals surface area (Å²) in [5.74, 6) is 1.09. The summed E-state index contributed by atoms with van der Waals surface area (Å²) in [5, 5.41) is 11.7. The largest absolute Gasteiger partial charge is 0.494 e. The van der Waals surface area contributed by atoms with Crippen molar-refractivity contribution >= 4 is 33.9 Å². The predicted octanol–water partition coefficient (Wildman–Crippen LogP) is 4.97. The number of aromatic hydroxyl groups is 1. The molecule has 1 aromatic heterocycles. The zero-order chi connectivity index (χ0) is 26.5. The van der Waals surface area contributed by atoms with E-state index in [1.807, 2.05) is 79.7 Å². The van der Waals surface area contributed by atoms with Crippen molar-refractivity contribution < 1.29 is 19.4 Å². The number of fused-ring (bicyclic) bond motifs is 1. The summed E-state index contributed by atoms with van der Waals surface area (Å²) in [6.07, 6.45) is 0. The number of likely N-dealkylation sites (N-methyl/N-ethyl adjacent to an activating group) is 1. The second-order valence-corrected chi connectivity index (χ2v) is 8.92. The second kappa shape index (κ2) is 11.2. The van der Waals surface area contributed by atoms with E-state index in [1.165, 1.54) is 0 Å². The monoisotopic (exact) mass is 500 g/mol. The van der Waals surface area contributed by atoms with Gasteiger partial charge in [-0.05, 0) is 44.4 Å². The maximum atomic E-state index is 12.2. The third-order valence-corrected chi connectivity index (χ3v) is 6.12. The molecule has 0 radical (unpaired) electrons. The molecule has 8 nitrogen and oxygen atoms in total. The molecule has 1 heterocycles. The Kier molecular flexibility index (Phi) is 7.79. The lowest BCUT2D eigenvalue weighted by Gasteiger charge is -2.23. The van der Waals surface area contributed by atoms with Crippen molar-refractivity contribution in [3.63, 3.8) is 0 Å². The van der Waals surface area contributed by atoms with E-state index in [4.69, 9.17) is 14.5 Å². The van der Waals surface area contributed by atoms with E-state index in [1.54, 1.807) is 32.1 Å². The molecule has 4 aromatic rings. The number of anilines is 1. The minimum Gasteiger partial charge on any atom is -0.494 e. The van der Waals surface area contributed by atoms with Gasteiger partial charge < -0.3 is 29.4 Å². The highest BCUT2D eigenvalue weighted by molar-refractivity contribution is 6.22. The van der Waals surface area contributed by atoms with Gasteiger partial charge in [0.15, 0.2) is 17.4 Å². The van der Waals surface area contributed by atoms with Gasteiger partial charge in [0, 0.05) is 42.7 Å². The molecule has 0 saturated heterocycles. The van der Waals surface area contributed by atoms with Gasteiger partial charge in [-0.15, -0.1) is 0 Å². The Morgan fingerprint density at radius 2 is 1.59 bits per heavy atom. The van der Waals surface area contributed by atoms with Crippen molar-refractivity contribution in [2.24, 2.45) is 4.99 Å². The zero-order valence-electron chi connectivity index (χ0n) is 21.8. The van der Waals surface area contributed by atoms with Crippen LogP contribution in [0.15, 0.2) is 71.7 Å². The lowest BCUT2D eigenvalue weighted by molar-refractivity contribution is -0.116. The number of amides is 1. The first kappa shape index (κ1) is 25.8. The van der Waals surface area contributed by atoms with Crippen molar-refractivity contribution in [1.82, 2.24) is 9.88 Å². The third-order valence-electron chi connectivity index (χ3n) is 6.12. The van der Waals surface area contributed by atoms with Crippen molar-refractivity contribution in [1.29, 1.82) is 0 Å². The lowest BCUT2D eigenvalue weighted by Crippen LogP contribution is -2.35. The Morgan fingerprint density at radius 1 is 0.946 bits per heavy atom. The number of hydrogen-bond donors (Lipinski definition) is 2. The maximum absolute atomic E-state index is 12.2. The summed E-state index contributed by atoms with van der Waals surface area (Å²) < 4.78 is 10.9. The SMILES string of the molecule is COc1cc2[nH]c(O)c(C(=Nc3ccc(N(CCN(C)C)C(C)=O)cc3)c3ccccc3)c2cc1OC. The normalized spacial score (nSPS) is 11.7.